The molecule has 0 amide bonds. The van der Waals surface area contributed by atoms with Crippen molar-refractivity contribution in [3.63, 3.8) is 0 Å². The van der Waals surface area contributed by atoms with E-state index in [0.717, 1.165) is 5.92 Å². The summed E-state index contributed by atoms with van der Waals surface area (Å²) in [4.78, 5) is 5.22. The fourth-order valence-electron chi connectivity index (χ4n) is 3.40. The minimum Gasteiger partial charge on any atom is -0.315 e. The van der Waals surface area contributed by atoms with Gasteiger partial charge in [-0.05, 0) is 46.1 Å². The molecule has 1 saturated heterocycles. The van der Waals surface area contributed by atoms with E-state index in [1.165, 1.54) is 71.5 Å². The lowest BCUT2D eigenvalue weighted by Crippen LogP contribution is -2.54. The Labute approximate surface area is 119 Å². The van der Waals surface area contributed by atoms with Crippen LogP contribution in [0.5, 0.6) is 0 Å². The summed E-state index contributed by atoms with van der Waals surface area (Å²) in [6.45, 7) is 15.6. The van der Waals surface area contributed by atoms with Gasteiger partial charge in [-0.25, -0.2) is 0 Å². The predicted molar refractivity (Wildman–Crippen MR) is 82.6 cm³/mol. The van der Waals surface area contributed by atoms with Gasteiger partial charge in [0.25, 0.3) is 0 Å². The molecule has 112 valence electrons. The number of nitrogens with zero attached hydrogens (tertiary/aromatic N) is 2. The van der Waals surface area contributed by atoms with Gasteiger partial charge in [0.1, 0.15) is 0 Å². The van der Waals surface area contributed by atoms with E-state index in [1.54, 1.807) is 0 Å². The van der Waals surface area contributed by atoms with Crippen LogP contribution in [0.3, 0.4) is 0 Å². The number of rotatable bonds is 5. The molecule has 2 rings (SSSR count). The Morgan fingerprint density at radius 3 is 2.21 bits per heavy atom. The van der Waals surface area contributed by atoms with Crippen molar-refractivity contribution >= 4 is 0 Å². The number of hydrogen-bond acceptors (Lipinski definition) is 3. The summed E-state index contributed by atoms with van der Waals surface area (Å²) in [5.41, 5.74) is 0.340. The molecule has 3 heteroatoms. The van der Waals surface area contributed by atoms with Gasteiger partial charge in [0.05, 0.1) is 0 Å². The summed E-state index contributed by atoms with van der Waals surface area (Å²) in [6, 6.07) is 0. The van der Waals surface area contributed by atoms with Gasteiger partial charge in [-0.15, -0.1) is 0 Å². The SMILES string of the molecule is CC(C)(C)N1CCN(CCNCC2CCCC2)CC1. The first-order chi connectivity index (χ1) is 9.05. The van der Waals surface area contributed by atoms with Crippen LogP contribution in [0.1, 0.15) is 46.5 Å². The maximum atomic E-state index is 3.66. The molecule has 0 bridgehead atoms. The largest absolute Gasteiger partial charge is 0.315 e. The third kappa shape index (κ3) is 5.05. The van der Waals surface area contributed by atoms with Crippen LogP contribution in [0.4, 0.5) is 0 Å². The lowest BCUT2D eigenvalue weighted by molar-refractivity contribution is 0.0627. The van der Waals surface area contributed by atoms with Gasteiger partial charge < -0.3 is 5.32 Å². The molecule has 0 unspecified atom stereocenters. The average molecular weight is 267 g/mol. The number of hydrogen-bond donors (Lipinski definition) is 1. The topological polar surface area (TPSA) is 18.5 Å². The lowest BCUT2D eigenvalue weighted by Gasteiger charge is -2.42. The quantitative estimate of drug-likeness (QED) is 0.770. The highest BCUT2D eigenvalue weighted by Crippen LogP contribution is 2.23. The first kappa shape index (κ1) is 15.3. The molecular weight excluding hydrogens is 234 g/mol. The van der Waals surface area contributed by atoms with E-state index in [2.05, 4.69) is 35.9 Å². The molecule has 1 aliphatic heterocycles. The molecule has 0 spiro atoms. The van der Waals surface area contributed by atoms with Crippen LogP contribution in [-0.4, -0.2) is 61.2 Å². The molecule has 1 heterocycles. The molecule has 0 radical (unpaired) electrons. The molecule has 1 N–H and O–H groups in total. The van der Waals surface area contributed by atoms with Crippen LogP contribution in [0, 0.1) is 5.92 Å². The summed E-state index contributed by atoms with van der Waals surface area (Å²) in [7, 11) is 0. The third-order valence-corrected chi connectivity index (χ3v) is 4.83. The Morgan fingerprint density at radius 2 is 1.63 bits per heavy atom. The zero-order valence-electron chi connectivity index (χ0n) is 13.2. The average Bonchev–Trinajstić information content (AvgIpc) is 2.87. The zero-order chi connectivity index (χ0) is 13.7. The molecule has 2 fully saturated rings. The molecule has 0 aromatic carbocycles. The molecule has 3 nitrogen and oxygen atoms in total. The standard InChI is InChI=1S/C16H33N3/c1-16(2,3)19-12-10-18(11-13-19)9-8-17-14-15-6-4-5-7-15/h15,17H,4-14H2,1-3H3. The zero-order valence-corrected chi connectivity index (χ0v) is 13.2. The third-order valence-electron chi connectivity index (χ3n) is 4.83. The molecule has 0 atom stereocenters. The van der Waals surface area contributed by atoms with Gasteiger partial charge in [0.15, 0.2) is 0 Å². The van der Waals surface area contributed by atoms with Crippen molar-refractivity contribution in [1.29, 1.82) is 0 Å². The first-order valence-electron chi connectivity index (χ1n) is 8.24. The molecule has 2 aliphatic rings. The van der Waals surface area contributed by atoms with Crippen molar-refractivity contribution in [2.45, 2.75) is 52.0 Å². The first-order valence-corrected chi connectivity index (χ1v) is 8.24. The maximum absolute atomic E-state index is 3.66. The Balaban J connectivity index is 1.53. The molecule has 1 aliphatic carbocycles. The predicted octanol–water partition coefficient (Wildman–Crippen LogP) is 2.18. The Hall–Kier alpha value is -0.120. The minimum absolute atomic E-state index is 0.340. The van der Waals surface area contributed by atoms with E-state index in [-0.39, 0.29) is 0 Å². The minimum atomic E-state index is 0.340. The Bertz CT molecular complexity index is 245. The fraction of sp³-hybridized carbons (Fsp3) is 1.00. The van der Waals surface area contributed by atoms with Crippen molar-refractivity contribution in [1.82, 2.24) is 15.1 Å². The van der Waals surface area contributed by atoms with Crippen molar-refractivity contribution in [3.05, 3.63) is 0 Å². The van der Waals surface area contributed by atoms with E-state index in [4.69, 9.17) is 0 Å². The van der Waals surface area contributed by atoms with Crippen molar-refractivity contribution < 1.29 is 0 Å². The summed E-state index contributed by atoms with van der Waals surface area (Å²) in [5, 5.41) is 3.66. The van der Waals surface area contributed by atoms with Gasteiger partial charge in [0.2, 0.25) is 0 Å². The van der Waals surface area contributed by atoms with E-state index in [1.807, 2.05) is 0 Å². The summed E-state index contributed by atoms with van der Waals surface area (Å²) < 4.78 is 0. The molecule has 1 saturated carbocycles. The second-order valence-corrected chi connectivity index (χ2v) is 7.35. The summed E-state index contributed by atoms with van der Waals surface area (Å²) >= 11 is 0. The van der Waals surface area contributed by atoms with Gasteiger partial charge in [-0.3, -0.25) is 9.80 Å². The Kier molecular flexibility index (Phi) is 5.67. The molecule has 19 heavy (non-hydrogen) atoms. The van der Waals surface area contributed by atoms with E-state index in [9.17, 15) is 0 Å². The van der Waals surface area contributed by atoms with Crippen molar-refractivity contribution in [2.75, 3.05) is 45.8 Å². The van der Waals surface area contributed by atoms with Gasteiger partial charge in [-0.2, -0.15) is 0 Å². The Morgan fingerprint density at radius 1 is 1.00 bits per heavy atom. The highest BCUT2D eigenvalue weighted by molar-refractivity contribution is 4.82. The molecular formula is C16H33N3. The highest BCUT2D eigenvalue weighted by Gasteiger charge is 2.25. The summed E-state index contributed by atoms with van der Waals surface area (Å²) in [6.07, 6.45) is 5.83. The van der Waals surface area contributed by atoms with Crippen molar-refractivity contribution in [3.8, 4) is 0 Å². The highest BCUT2D eigenvalue weighted by atomic mass is 15.3. The van der Waals surface area contributed by atoms with Crippen LogP contribution < -0.4 is 5.32 Å². The smallest absolute Gasteiger partial charge is 0.0126 e. The second-order valence-electron chi connectivity index (χ2n) is 7.35. The van der Waals surface area contributed by atoms with Crippen LogP contribution >= 0.6 is 0 Å². The second kappa shape index (κ2) is 7.05. The monoisotopic (exact) mass is 267 g/mol. The van der Waals surface area contributed by atoms with Crippen LogP contribution in [0.2, 0.25) is 0 Å². The van der Waals surface area contributed by atoms with Crippen LogP contribution in [-0.2, 0) is 0 Å². The van der Waals surface area contributed by atoms with Gasteiger partial charge in [-0.1, -0.05) is 12.8 Å². The van der Waals surface area contributed by atoms with E-state index >= 15 is 0 Å². The molecule has 0 aromatic rings. The van der Waals surface area contributed by atoms with Crippen LogP contribution in [0.15, 0.2) is 0 Å². The van der Waals surface area contributed by atoms with E-state index < -0.39 is 0 Å². The van der Waals surface area contributed by atoms with Gasteiger partial charge >= 0.3 is 0 Å². The number of piperazine rings is 1. The maximum Gasteiger partial charge on any atom is 0.0126 e. The van der Waals surface area contributed by atoms with Crippen molar-refractivity contribution in [2.24, 2.45) is 5.92 Å². The van der Waals surface area contributed by atoms with E-state index in [0.29, 0.717) is 5.54 Å². The van der Waals surface area contributed by atoms with Crippen LogP contribution in [0.25, 0.3) is 0 Å². The lowest BCUT2D eigenvalue weighted by atomic mass is 10.1. The molecule has 0 aromatic heterocycles. The number of nitrogens with one attached hydrogen (secondary N) is 1. The summed E-state index contributed by atoms with van der Waals surface area (Å²) in [5.74, 6) is 0.970. The normalized spacial score (nSPS) is 24.2. The van der Waals surface area contributed by atoms with Gasteiger partial charge in [0, 0.05) is 44.8 Å². The fourth-order valence-corrected chi connectivity index (χ4v) is 3.40.